The largest absolute Gasteiger partial charge is 0.313 e. The SMILES string of the molecule is CNC(CC1Cc2ccccc21)c1ccc(C)c(Cl)c1. The summed E-state index contributed by atoms with van der Waals surface area (Å²) in [4.78, 5) is 0. The minimum Gasteiger partial charge on any atom is -0.313 e. The van der Waals surface area contributed by atoms with Crippen molar-refractivity contribution in [3.8, 4) is 0 Å². The number of benzene rings is 2. The van der Waals surface area contributed by atoms with E-state index >= 15 is 0 Å². The van der Waals surface area contributed by atoms with Crippen LogP contribution >= 0.6 is 11.6 Å². The molecular weight excluding hydrogens is 266 g/mol. The van der Waals surface area contributed by atoms with Crippen molar-refractivity contribution in [2.75, 3.05) is 7.05 Å². The van der Waals surface area contributed by atoms with Gasteiger partial charge in [0.05, 0.1) is 0 Å². The maximum Gasteiger partial charge on any atom is 0.0438 e. The summed E-state index contributed by atoms with van der Waals surface area (Å²) in [7, 11) is 2.03. The van der Waals surface area contributed by atoms with E-state index in [-0.39, 0.29) is 0 Å². The highest BCUT2D eigenvalue weighted by atomic mass is 35.5. The van der Waals surface area contributed by atoms with Gasteiger partial charge in [-0.1, -0.05) is 48.0 Å². The molecule has 0 amide bonds. The molecule has 104 valence electrons. The fraction of sp³-hybridized carbons (Fsp3) is 0.333. The monoisotopic (exact) mass is 285 g/mol. The van der Waals surface area contributed by atoms with Crippen molar-refractivity contribution in [1.29, 1.82) is 0 Å². The first-order valence-electron chi connectivity index (χ1n) is 7.20. The van der Waals surface area contributed by atoms with Crippen molar-refractivity contribution in [1.82, 2.24) is 5.32 Å². The van der Waals surface area contributed by atoms with Gasteiger partial charge in [-0.2, -0.15) is 0 Å². The van der Waals surface area contributed by atoms with Crippen LogP contribution in [0.25, 0.3) is 0 Å². The average Bonchev–Trinajstić information content (AvgIpc) is 2.44. The Morgan fingerprint density at radius 3 is 2.75 bits per heavy atom. The van der Waals surface area contributed by atoms with Crippen LogP contribution < -0.4 is 5.32 Å². The molecule has 0 aliphatic heterocycles. The number of halogens is 1. The molecule has 1 nitrogen and oxygen atoms in total. The van der Waals surface area contributed by atoms with Crippen molar-refractivity contribution in [3.05, 3.63) is 69.7 Å². The van der Waals surface area contributed by atoms with Crippen LogP contribution in [0.3, 0.4) is 0 Å². The Morgan fingerprint density at radius 2 is 2.05 bits per heavy atom. The Kier molecular flexibility index (Phi) is 3.82. The van der Waals surface area contributed by atoms with Crippen LogP contribution in [0, 0.1) is 6.92 Å². The fourth-order valence-corrected chi connectivity index (χ4v) is 3.29. The zero-order valence-electron chi connectivity index (χ0n) is 12.0. The number of fused-ring (bicyclic) bond motifs is 1. The molecule has 1 aliphatic rings. The number of hydrogen-bond acceptors (Lipinski definition) is 1. The molecule has 20 heavy (non-hydrogen) atoms. The normalized spacial score (nSPS) is 18.2. The van der Waals surface area contributed by atoms with Crippen molar-refractivity contribution >= 4 is 11.6 Å². The maximum atomic E-state index is 6.25. The molecular formula is C18H20ClN. The van der Waals surface area contributed by atoms with Gasteiger partial charge >= 0.3 is 0 Å². The number of aryl methyl sites for hydroxylation is 1. The highest BCUT2D eigenvalue weighted by molar-refractivity contribution is 6.31. The molecule has 0 bridgehead atoms. The van der Waals surface area contributed by atoms with Gasteiger partial charge in [-0.05, 0) is 61.1 Å². The van der Waals surface area contributed by atoms with Crippen LogP contribution in [0.5, 0.6) is 0 Å². The van der Waals surface area contributed by atoms with E-state index in [2.05, 4.69) is 47.8 Å². The fourth-order valence-electron chi connectivity index (χ4n) is 3.10. The van der Waals surface area contributed by atoms with Gasteiger partial charge in [-0.15, -0.1) is 0 Å². The Labute approximate surface area is 126 Å². The molecule has 0 saturated heterocycles. The average molecular weight is 286 g/mol. The summed E-state index contributed by atoms with van der Waals surface area (Å²) < 4.78 is 0. The lowest BCUT2D eigenvalue weighted by molar-refractivity contribution is 0.452. The Hall–Kier alpha value is -1.31. The standard InChI is InChI=1S/C18H20ClN/c1-12-7-8-14(10-17(12)19)18(20-2)11-15-9-13-5-3-4-6-16(13)15/h3-8,10,15,18,20H,9,11H2,1-2H3. The van der Waals surface area contributed by atoms with Crippen molar-refractivity contribution in [2.45, 2.75) is 31.7 Å². The number of rotatable bonds is 4. The van der Waals surface area contributed by atoms with Gasteiger partial charge in [-0.25, -0.2) is 0 Å². The zero-order chi connectivity index (χ0) is 14.1. The molecule has 1 aliphatic carbocycles. The quantitative estimate of drug-likeness (QED) is 0.863. The predicted molar refractivity (Wildman–Crippen MR) is 85.5 cm³/mol. The van der Waals surface area contributed by atoms with E-state index in [9.17, 15) is 0 Å². The first-order valence-corrected chi connectivity index (χ1v) is 7.58. The zero-order valence-corrected chi connectivity index (χ0v) is 12.7. The summed E-state index contributed by atoms with van der Waals surface area (Å²) in [6, 6.07) is 15.5. The second kappa shape index (κ2) is 5.59. The lowest BCUT2D eigenvalue weighted by Crippen LogP contribution is -2.25. The molecule has 0 spiro atoms. The van der Waals surface area contributed by atoms with Crippen LogP contribution in [0.1, 0.15) is 40.6 Å². The summed E-state index contributed by atoms with van der Waals surface area (Å²) in [5.41, 5.74) is 5.45. The van der Waals surface area contributed by atoms with E-state index in [0.29, 0.717) is 12.0 Å². The van der Waals surface area contributed by atoms with Gasteiger partial charge in [0, 0.05) is 11.1 Å². The van der Waals surface area contributed by atoms with E-state index in [0.717, 1.165) is 17.0 Å². The lowest BCUT2D eigenvalue weighted by atomic mass is 9.74. The smallest absolute Gasteiger partial charge is 0.0438 e. The Balaban J connectivity index is 1.77. The maximum absolute atomic E-state index is 6.25. The highest BCUT2D eigenvalue weighted by Gasteiger charge is 2.28. The third kappa shape index (κ3) is 2.48. The topological polar surface area (TPSA) is 12.0 Å². The van der Waals surface area contributed by atoms with Gasteiger partial charge in [0.1, 0.15) is 0 Å². The second-order valence-electron chi connectivity index (χ2n) is 5.69. The van der Waals surface area contributed by atoms with Crippen molar-refractivity contribution in [3.63, 3.8) is 0 Å². The third-order valence-corrected chi connectivity index (χ3v) is 4.84. The van der Waals surface area contributed by atoms with E-state index in [1.165, 1.54) is 23.1 Å². The molecule has 2 aromatic rings. The molecule has 2 unspecified atom stereocenters. The number of nitrogens with one attached hydrogen (secondary N) is 1. The summed E-state index contributed by atoms with van der Waals surface area (Å²) >= 11 is 6.25. The van der Waals surface area contributed by atoms with Gasteiger partial charge < -0.3 is 5.32 Å². The van der Waals surface area contributed by atoms with Crippen LogP contribution in [0.15, 0.2) is 42.5 Å². The summed E-state index contributed by atoms with van der Waals surface area (Å²) in [5, 5.41) is 4.29. The molecule has 0 fully saturated rings. The minimum atomic E-state index is 0.367. The molecule has 0 radical (unpaired) electrons. The van der Waals surface area contributed by atoms with Gasteiger partial charge in [0.25, 0.3) is 0 Å². The van der Waals surface area contributed by atoms with E-state index in [1.807, 2.05) is 14.0 Å². The molecule has 1 N–H and O–H groups in total. The minimum absolute atomic E-state index is 0.367. The molecule has 2 atom stereocenters. The molecule has 0 heterocycles. The summed E-state index contributed by atoms with van der Waals surface area (Å²) in [6.45, 7) is 2.04. The van der Waals surface area contributed by atoms with Crippen LogP contribution in [-0.2, 0) is 6.42 Å². The highest BCUT2D eigenvalue weighted by Crippen LogP contribution is 2.40. The molecule has 0 aromatic heterocycles. The van der Waals surface area contributed by atoms with E-state index < -0.39 is 0 Å². The van der Waals surface area contributed by atoms with Crippen molar-refractivity contribution < 1.29 is 0 Å². The van der Waals surface area contributed by atoms with Crippen LogP contribution in [-0.4, -0.2) is 7.05 Å². The van der Waals surface area contributed by atoms with E-state index in [1.54, 1.807) is 0 Å². The van der Waals surface area contributed by atoms with Crippen molar-refractivity contribution in [2.24, 2.45) is 0 Å². The summed E-state index contributed by atoms with van der Waals surface area (Å²) in [5.74, 6) is 0.670. The Morgan fingerprint density at radius 1 is 1.25 bits per heavy atom. The second-order valence-corrected chi connectivity index (χ2v) is 6.09. The van der Waals surface area contributed by atoms with E-state index in [4.69, 9.17) is 11.6 Å². The molecule has 2 heteroatoms. The lowest BCUT2D eigenvalue weighted by Gasteiger charge is -2.33. The first kappa shape index (κ1) is 13.7. The molecule has 0 saturated carbocycles. The molecule has 2 aromatic carbocycles. The van der Waals surface area contributed by atoms with Gasteiger partial charge in [-0.3, -0.25) is 0 Å². The first-order chi connectivity index (χ1) is 9.69. The Bertz CT molecular complexity index is 621. The van der Waals surface area contributed by atoms with Crippen LogP contribution in [0.4, 0.5) is 0 Å². The van der Waals surface area contributed by atoms with Gasteiger partial charge in [0.2, 0.25) is 0 Å². The third-order valence-electron chi connectivity index (χ3n) is 4.43. The predicted octanol–water partition coefficient (Wildman–Crippen LogP) is 4.64. The summed E-state index contributed by atoms with van der Waals surface area (Å²) in [6.07, 6.45) is 2.33. The molecule has 3 rings (SSSR count). The van der Waals surface area contributed by atoms with Gasteiger partial charge in [0.15, 0.2) is 0 Å². The number of hydrogen-bond donors (Lipinski definition) is 1. The van der Waals surface area contributed by atoms with Crippen LogP contribution in [0.2, 0.25) is 5.02 Å².